The van der Waals surface area contributed by atoms with Crippen molar-refractivity contribution in [3.05, 3.63) is 58.6 Å². The van der Waals surface area contributed by atoms with Crippen LogP contribution in [0.3, 0.4) is 0 Å². The minimum atomic E-state index is -3.80. The lowest BCUT2D eigenvalue weighted by molar-refractivity contribution is 0.0730. The zero-order chi connectivity index (χ0) is 22.6. The summed E-state index contributed by atoms with van der Waals surface area (Å²) in [4.78, 5) is 15.0. The first-order chi connectivity index (χ1) is 15.5. The fourth-order valence-corrected chi connectivity index (χ4v) is 5.62. The number of ether oxygens (including phenoxy) is 2. The number of halogens is 1. The van der Waals surface area contributed by atoms with Gasteiger partial charge in [-0.15, -0.1) is 0 Å². The van der Waals surface area contributed by atoms with E-state index in [9.17, 15) is 13.2 Å². The molecule has 2 saturated heterocycles. The number of nitrogens with one attached hydrogen (secondary N) is 1. The number of anilines is 1. The Hall–Kier alpha value is -2.17. The summed E-state index contributed by atoms with van der Waals surface area (Å²) in [5, 5.41) is 3.39. The van der Waals surface area contributed by atoms with Crippen LogP contribution in [-0.4, -0.2) is 71.2 Å². The number of rotatable bonds is 6. The van der Waals surface area contributed by atoms with Gasteiger partial charge in [-0.3, -0.25) is 4.79 Å². The second-order valence-corrected chi connectivity index (χ2v) is 9.89. The van der Waals surface area contributed by atoms with Crippen molar-refractivity contribution in [2.75, 3.05) is 57.5 Å². The van der Waals surface area contributed by atoms with Gasteiger partial charge in [0.25, 0.3) is 5.91 Å². The van der Waals surface area contributed by atoms with E-state index in [1.54, 1.807) is 18.2 Å². The van der Waals surface area contributed by atoms with Crippen LogP contribution in [0.25, 0.3) is 0 Å². The normalized spacial score (nSPS) is 17.8. The van der Waals surface area contributed by atoms with Crippen molar-refractivity contribution >= 4 is 33.2 Å². The fourth-order valence-electron chi connectivity index (χ4n) is 3.77. The first-order valence-electron chi connectivity index (χ1n) is 10.5. The number of sulfonamides is 1. The SMILES string of the molecule is O=C(NCc1ccccc1Cl)c1ccc(N2CCOCC2)c(S(=O)(=O)N2CCOCC2)c1. The third-order valence-corrected chi connectivity index (χ3v) is 7.86. The van der Waals surface area contributed by atoms with Gasteiger partial charge in [0.1, 0.15) is 4.90 Å². The lowest BCUT2D eigenvalue weighted by Gasteiger charge is -2.32. The van der Waals surface area contributed by atoms with Gasteiger partial charge >= 0.3 is 0 Å². The third-order valence-electron chi connectivity index (χ3n) is 5.56. The maximum Gasteiger partial charge on any atom is 0.251 e. The van der Waals surface area contributed by atoms with E-state index >= 15 is 0 Å². The van der Waals surface area contributed by atoms with Gasteiger partial charge in [-0.25, -0.2) is 8.42 Å². The maximum atomic E-state index is 13.5. The van der Waals surface area contributed by atoms with Gasteiger partial charge in [0.15, 0.2) is 0 Å². The molecule has 0 unspecified atom stereocenters. The smallest absolute Gasteiger partial charge is 0.251 e. The third kappa shape index (κ3) is 5.07. The molecule has 2 fully saturated rings. The summed E-state index contributed by atoms with van der Waals surface area (Å²) in [6, 6.07) is 12.1. The Kier molecular flexibility index (Phi) is 7.32. The van der Waals surface area contributed by atoms with Gasteiger partial charge in [0.2, 0.25) is 10.0 Å². The van der Waals surface area contributed by atoms with Gasteiger partial charge in [-0.2, -0.15) is 4.31 Å². The number of benzene rings is 2. The number of hydrogen-bond donors (Lipinski definition) is 1. The van der Waals surface area contributed by atoms with Crippen LogP contribution in [0.15, 0.2) is 47.4 Å². The topological polar surface area (TPSA) is 88.2 Å². The van der Waals surface area contributed by atoms with E-state index in [4.69, 9.17) is 21.1 Å². The number of morpholine rings is 2. The highest BCUT2D eigenvalue weighted by molar-refractivity contribution is 7.89. The molecule has 10 heteroatoms. The minimum Gasteiger partial charge on any atom is -0.379 e. The number of carbonyl (C=O) groups is 1. The summed E-state index contributed by atoms with van der Waals surface area (Å²) in [6.07, 6.45) is 0. The van der Waals surface area contributed by atoms with Crippen LogP contribution in [0.4, 0.5) is 5.69 Å². The molecule has 0 aliphatic carbocycles. The molecule has 2 aromatic rings. The van der Waals surface area contributed by atoms with Crippen LogP contribution in [0.1, 0.15) is 15.9 Å². The summed E-state index contributed by atoms with van der Waals surface area (Å²) >= 11 is 6.17. The molecule has 8 nitrogen and oxygen atoms in total. The molecule has 4 rings (SSSR count). The van der Waals surface area contributed by atoms with Crippen LogP contribution < -0.4 is 10.2 Å². The second kappa shape index (κ2) is 10.2. The van der Waals surface area contributed by atoms with Crippen molar-refractivity contribution in [1.29, 1.82) is 0 Å². The van der Waals surface area contributed by atoms with Crippen LogP contribution in [-0.2, 0) is 26.0 Å². The monoisotopic (exact) mass is 479 g/mol. The summed E-state index contributed by atoms with van der Waals surface area (Å²) in [7, 11) is -3.80. The van der Waals surface area contributed by atoms with E-state index in [0.29, 0.717) is 50.2 Å². The minimum absolute atomic E-state index is 0.131. The highest BCUT2D eigenvalue weighted by Crippen LogP contribution is 2.30. The van der Waals surface area contributed by atoms with Gasteiger partial charge < -0.3 is 19.7 Å². The van der Waals surface area contributed by atoms with Crippen LogP contribution >= 0.6 is 11.6 Å². The largest absolute Gasteiger partial charge is 0.379 e. The Morgan fingerprint density at radius 3 is 2.31 bits per heavy atom. The molecular formula is C22H26ClN3O5S. The molecule has 0 spiro atoms. The van der Waals surface area contributed by atoms with E-state index < -0.39 is 10.0 Å². The molecule has 32 heavy (non-hydrogen) atoms. The number of hydrogen-bond acceptors (Lipinski definition) is 6. The molecule has 1 amide bonds. The van der Waals surface area contributed by atoms with Gasteiger partial charge in [-0.05, 0) is 29.8 Å². The fraction of sp³-hybridized carbons (Fsp3) is 0.409. The van der Waals surface area contributed by atoms with E-state index in [-0.39, 0.29) is 36.0 Å². The van der Waals surface area contributed by atoms with Crippen molar-refractivity contribution in [3.63, 3.8) is 0 Å². The van der Waals surface area contributed by atoms with Crippen molar-refractivity contribution in [2.45, 2.75) is 11.4 Å². The Balaban J connectivity index is 1.63. The Bertz CT molecular complexity index is 1070. The molecule has 2 aliphatic rings. The summed E-state index contributed by atoms with van der Waals surface area (Å²) < 4.78 is 39.2. The predicted octanol–water partition coefficient (Wildman–Crippen LogP) is 2.13. The van der Waals surface area contributed by atoms with Crippen LogP contribution in [0.2, 0.25) is 5.02 Å². The Labute approximate surface area is 193 Å². The molecule has 2 aromatic carbocycles. The lowest BCUT2D eigenvalue weighted by Crippen LogP contribution is -2.42. The summed E-state index contributed by atoms with van der Waals surface area (Å²) in [5.74, 6) is -0.364. The predicted molar refractivity (Wildman–Crippen MR) is 122 cm³/mol. The molecule has 2 aliphatic heterocycles. The van der Waals surface area contributed by atoms with Gasteiger partial charge in [-0.1, -0.05) is 29.8 Å². The molecule has 2 heterocycles. The average Bonchev–Trinajstić information content (AvgIpc) is 2.84. The van der Waals surface area contributed by atoms with E-state index in [2.05, 4.69) is 5.32 Å². The molecule has 0 aromatic heterocycles. The van der Waals surface area contributed by atoms with Crippen molar-refractivity contribution in [2.24, 2.45) is 0 Å². The molecule has 0 atom stereocenters. The second-order valence-electron chi connectivity index (χ2n) is 7.57. The van der Waals surface area contributed by atoms with Crippen molar-refractivity contribution in [3.8, 4) is 0 Å². The molecule has 0 radical (unpaired) electrons. The van der Waals surface area contributed by atoms with Crippen LogP contribution in [0.5, 0.6) is 0 Å². The lowest BCUT2D eigenvalue weighted by atomic mass is 10.1. The van der Waals surface area contributed by atoms with Crippen molar-refractivity contribution in [1.82, 2.24) is 9.62 Å². The molecule has 0 bridgehead atoms. The van der Waals surface area contributed by atoms with Crippen molar-refractivity contribution < 1.29 is 22.7 Å². The Morgan fingerprint density at radius 1 is 0.969 bits per heavy atom. The van der Waals surface area contributed by atoms with Gasteiger partial charge in [0.05, 0.1) is 32.1 Å². The molecule has 0 saturated carbocycles. The maximum absolute atomic E-state index is 13.5. The molecule has 172 valence electrons. The first-order valence-corrected chi connectivity index (χ1v) is 12.3. The average molecular weight is 480 g/mol. The molecular weight excluding hydrogens is 454 g/mol. The first kappa shape index (κ1) is 23.0. The van der Waals surface area contributed by atoms with E-state index in [1.165, 1.54) is 10.4 Å². The number of nitrogens with zero attached hydrogens (tertiary/aromatic N) is 2. The van der Waals surface area contributed by atoms with Crippen LogP contribution in [0, 0.1) is 0 Å². The standard InChI is InChI=1S/C22H26ClN3O5S/c23-19-4-2-1-3-18(19)16-24-22(27)17-5-6-20(25-7-11-30-12-8-25)21(15-17)32(28,29)26-9-13-31-14-10-26/h1-6,15H,7-14,16H2,(H,24,27). The van der Waals surface area contributed by atoms with E-state index in [0.717, 1.165) is 5.56 Å². The quantitative estimate of drug-likeness (QED) is 0.683. The summed E-state index contributed by atoms with van der Waals surface area (Å²) in [6.45, 7) is 3.74. The zero-order valence-corrected chi connectivity index (χ0v) is 19.2. The Morgan fingerprint density at radius 2 is 1.62 bits per heavy atom. The highest BCUT2D eigenvalue weighted by atomic mass is 35.5. The highest BCUT2D eigenvalue weighted by Gasteiger charge is 2.31. The zero-order valence-electron chi connectivity index (χ0n) is 17.6. The van der Waals surface area contributed by atoms with Gasteiger partial charge in [0, 0.05) is 43.3 Å². The number of carbonyl (C=O) groups excluding carboxylic acids is 1. The summed E-state index contributed by atoms with van der Waals surface area (Å²) in [5.41, 5.74) is 1.65. The van der Waals surface area contributed by atoms with E-state index in [1.807, 2.05) is 23.1 Å². The number of amides is 1. The molecule has 1 N–H and O–H groups in total.